The summed E-state index contributed by atoms with van der Waals surface area (Å²) in [7, 11) is 1.80. The highest BCUT2D eigenvalue weighted by Gasteiger charge is 2.23. The van der Waals surface area contributed by atoms with Crippen molar-refractivity contribution in [2.45, 2.75) is 33.8 Å². The highest BCUT2D eigenvalue weighted by atomic mass is 16.6. The fourth-order valence-electron chi connectivity index (χ4n) is 3.22. The van der Waals surface area contributed by atoms with Crippen LogP contribution in [0.5, 0.6) is 0 Å². The van der Waals surface area contributed by atoms with Crippen molar-refractivity contribution in [2.75, 3.05) is 0 Å². The van der Waals surface area contributed by atoms with Crippen LogP contribution in [-0.2, 0) is 11.8 Å². The van der Waals surface area contributed by atoms with E-state index < -0.39 is 12.1 Å². The maximum absolute atomic E-state index is 12.9. The van der Waals surface area contributed by atoms with Gasteiger partial charge in [0.1, 0.15) is 0 Å². The van der Waals surface area contributed by atoms with Gasteiger partial charge in [-0.15, -0.1) is 10.2 Å². The van der Waals surface area contributed by atoms with E-state index in [0.717, 1.165) is 11.1 Å². The zero-order valence-electron chi connectivity index (χ0n) is 16.9. The third-order valence-electron chi connectivity index (χ3n) is 4.69. The van der Waals surface area contributed by atoms with Crippen LogP contribution in [0.25, 0.3) is 22.5 Å². The van der Waals surface area contributed by atoms with Gasteiger partial charge in [0.15, 0.2) is 11.8 Å². The minimum atomic E-state index is -0.699. The molecule has 0 saturated carbocycles. The lowest BCUT2D eigenvalue weighted by atomic mass is 10.1. The van der Waals surface area contributed by atoms with Gasteiger partial charge in [-0.25, -0.2) is 9.78 Å². The van der Waals surface area contributed by atoms with Gasteiger partial charge in [-0.2, -0.15) is 5.10 Å². The summed E-state index contributed by atoms with van der Waals surface area (Å²) in [5, 5.41) is 13.1. The molecule has 0 saturated heterocycles. The van der Waals surface area contributed by atoms with Crippen molar-refractivity contribution in [1.82, 2.24) is 25.0 Å². The molecule has 0 aliphatic carbocycles. The number of carbonyl (C=O) groups is 1. The second-order valence-electron chi connectivity index (χ2n) is 7.08. The van der Waals surface area contributed by atoms with Gasteiger partial charge in [0.05, 0.1) is 16.6 Å². The first-order valence-corrected chi connectivity index (χ1v) is 9.26. The van der Waals surface area contributed by atoms with Crippen molar-refractivity contribution in [3.63, 3.8) is 0 Å². The molecule has 4 rings (SSSR count). The molecule has 1 unspecified atom stereocenters. The average Bonchev–Trinajstić information content (AvgIpc) is 3.27. The highest BCUT2D eigenvalue weighted by molar-refractivity contribution is 6.03. The SMILES string of the molecule is Cc1ccc(-c2nnc(C(C)OC(=O)c3cc(C)nc4c3c(C)nn4C)o2)cc1. The Kier molecular flexibility index (Phi) is 4.62. The lowest BCUT2D eigenvalue weighted by molar-refractivity contribution is 0.0282. The van der Waals surface area contributed by atoms with Gasteiger partial charge in [-0.05, 0) is 45.9 Å². The van der Waals surface area contributed by atoms with E-state index in [2.05, 4.69) is 20.3 Å². The minimum Gasteiger partial charge on any atom is -0.449 e. The van der Waals surface area contributed by atoms with E-state index in [-0.39, 0.29) is 5.89 Å². The number of nitrogens with zero attached hydrogens (tertiary/aromatic N) is 5. The number of pyridine rings is 1. The molecule has 0 amide bonds. The van der Waals surface area contributed by atoms with Crippen molar-refractivity contribution in [3.05, 3.63) is 58.7 Å². The van der Waals surface area contributed by atoms with E-state index >= 15 is 0 Å². The molecule has 8 nitrogen and oxygen atoms in total. The smallest absolute Gasteiger partial charge is 0.339 e. The molecule has 0 radical (unpaired) electrons. The largest absolute Gasteiger partial charge is 0.449 e. The molecule has 148 valence electrons. The van der Waals surface area contributed by atoms with Gasteiger partial charge in [-0.1, -0.05) is 17.7 Å². The third-order valence-corrected chi connectivity index (χ3v) is 4.69. The summed E-state index contributed by atoms with van der Waals surface area (Å²) in [5.41, 5.74) is 4.43. The Morgan fingerprint density at radius 1 is 1.14 bits per heavy atom. The number of hydrogen-bond acceptors (Lipinski definition) is 7. The first-order valence-electron chi connectivity index (χ1n) is 9.26. The summed E-state index contributed by atoms with van der Waals surface area (Å²) in [6, 6.07) is 9.46. The van der Waals surface area contributed by atoms with E-state index in [1.54, 1.807) is 24.7 Å². The van der Waals surface area contributed by atoms with E-state index in [1.807, 2.05) is 45.0 Å². The Labute approximate surface area is 167 Å². The maximum Gasteiger partial charge on any atom is 0.339 e. The third kappa shape index (κ3) is 3.49. The standard InChI is InChI=1S/C21H21N5O3/c1-11-6-8-15(9-7-11)20-24-23-19(29-20)14(4)28-21(27)16-10-12(2)22-18-17(16)13(3)25-26(18)5/h6-10,14H,1-5H3. The molecule has 4 aromatic rings. The van der Waals surface area contributed by atoms with Crippen LogP contribution in [0.2, 0.25) is 0 Å². The van der Waals surface area contributed by atoms with Gasteiger partial charge >= 0.3 is 5.97 Å². The molecule has 29 heavy (non-hydrogen) atoms. The zero-order chi connectivity index (χ0) is 20.7. The number of hydrogen-bond donors (Lipinski definition) is 0. The Morgan fingerprint density at radius 2 is 1.86 bits per heavy atom. The van der Waals surface area contributed by atoms with Gasteiger partial charge in [0, 0.05) is 18.3 Å². The van der Waals surface area contributed by atoms with E-state index in [1.165, 1.54) is 0 Å². The Balaban J connectivity index is 1.59. The molecule has 8 heteroatoms. The molecule has 0 fully saturated rings. The number of ether oxygens (including phenoxy) is 1. The second-order valence-corrected chi connectivity index (χ2v) is 7.08. The number of carbonyl (C=O) groups excluding carboxylic acids is 1. The number of benzene rings is 1. The van der Waals surface area contributed by atoms with Gasteiger partial charge < -0.3 is 9.15 Å². The molecule has 0 aliphatic rings. The minimum absolute atomic E-state index is 0.235. The number of esters is 1. The Hall–Kier alpha value is -3.55. The molecular weight excluding hydrogens is 370 g/mol. The summed E-state index contributed by atoms with van der Waals surface area (Å²) in [5.74, 6) is 0.131. The fourth-order valence-corrected chi connectivity index (χ4v) is 3.22. The molecule has 3 aromatic heterocycles. The lowest BCUT2D eigenvalue weighted by Crippen LogP contribution is -2.11. The number of rotatable bonds is 4. The van der Waals surface area contributed by atoms with Crippen LogP contribution in [0, 0.1) is 20.8 Å². The van der Waals surface area contributed by atoms with E-state index in [9.17, 15) is 4.79 Å². The summed E-state index contributed by atoms with van der Waals surface area (Å²) in [6.45, 7) is 7.37. The van der Waals surface area contributed by atoms with Crippen LogP contribution in [0.1, 0.15) is 46.2 Å². The molecule has 1 atom stereocenters. The average molecular weight is 391 g/mol. The maximum atomic E-state index is 12.9. The number of aryl methyl sites for hydroxylation is 4. The molecular formula is C21H21N5O3. The van der Waals surface area contributed by atoms with Crippen LogP contribution in [0.15, 0.2) is 34.7 Å². The van der Waals surface area contributed by atoms with Gasteiger partial charge in [-0.3, -0.25) is 4.68 Å². The second kappa shape index (κ2) is 7.12. The molecule has 1 aromatic carbocycles. The topological polar surface area (TPSA) is 95.9 Å². The van der Waals surface area contributed by atoms with Crippen molar-refractivity contribution < 1.29 is 13.9 Å². The molecule has 3 heterocycles. The van der Waals surface area contributed by atoms with E-state index in [0.29, 0.717) is 33.9 Å². The molecule has 0 spiro atoms. The summed E-state index contributed by atoms with van der Waals surface area (Å²) in [4.78, 5) is 17.4. The van der Waals surface area contributed by atoms with Crippen LogP contribution in [0.3, 0.4) is 0 Å². The van der Waals surface area contributed by atoms with Crippen LogP contribution in [-0.4, -0.2) is 30.9 Å². The quantitative estimate of drug-likeness (QED) is 0.487. The van der Waals surface area contributed by atoms with Crippen molar-refractivity contribution >= 4 is 17.0 Å². The monoisotopic (exact) mass is 391 g/mol. The first-order chi connectivity index (χ1) is 13.8. The number of fused-ring (bicyclic) bond motifs is 1. The summed E-state index contributed by atoms with van der Waals surface area (Å²) in [6.07, 6.45) is -0.699. The Bertz CT molecular complexity index is 1210. The molecule has 0 aliphatic heterocycles. The summed E-state index contributed by atoms with van der Waals surface area (Å²) < 4.78 is 13.0. The van der Waals surface area contributed by atoms with Crippen LogP contribution >= 0.6 is 0 Å². The number of aromatic nitrogens is 5. The van der Waals surface area contributed by atoms with Gasteiger partial charge in [0.25, 0.3) is 5.89 Å². The van der Waals surface area contributed by atoms with Gasteiger partial charge in [0.2, 0.25) is 5.89 Å². The normalized spacial score (nSPS) is 12.3. The lowest BCUT2D eigenvalue weighted by Gasteiger charge is -2.11. The first kappa shape index (κ1) is 18.8. The van der Waals surface area contributed by atoms with Crippen molar-refractivity contribution in [2.24, 2.45) is 7.05 Å². The Morgan fingerprint density at radius 3 is 2.59 bits per heavy atom. The predicted octanol–water partition coefficient (Wildman–Crippen LogP) is 3.86. The van der Waals surface area contributed by atoms with Crippen molar-refractivity contribution in [1.29, 1.82) is 0 Å². The van der Waals surface area contributed by atoms with Crippen LogP contribution < -0.4 is 0 Å². The zero-order valence-corrected chi connectivity index (χ0v) is 16.9. The highest BCUT2D eigenvalue weighted by Crippen LogP contribution is 2.26. The summed E-state index contributed by atoms with van der Waals surface area (Å²) >= 11 is 0. The van der Waals surface area contributed by atoms with E-state index in [4.69, 9.17) is 9.15 Å². The predicted molar refractivity (Wildman–Crippen MR) is 106 cm³/mol. The molecule has 0 N–H and O–H groups in total. The fraction of sp³-hybridized carbons (Fsp3) is 0.286. The molecule has 0 bridgehead atoms. The van der Waals surface area contributed by atoms with Crippen molar-refractivity contribution in [3.8, 4) is 11.5 Å². The van der Waals surface area contributed by atoms with Crippen LogP contribution in [0.4, 0.5) is 0 Å².